The monoisotopic (exact) mass is 554 g/mol. The lowest BCUT2D eigenvalue weighted by Crippen LogP contribution is -2.41. The number of carbonyl (C=O) groups excluding carboxylic acids is 2. The summed E-state index contributed by atoms with van der Waals surface area (Å²) >= 11 is 6.87. The fourth-order valence-corrected chi connectivity index (χ4v) is 3.63. The van der Waals surface area contributed by atoms with Gasteiger partial charge in [-0.25, -0.2) is 0 Å². The summed E-state index contributed by atoms with van der Waals surface area (Å²) in [4.78, 5) is 25.0. The van der Waals surface area contributed by atoms with Gasteiger partial charge in [0.15, 0.2) is 0 Å². The largest absolute Gasteiger partial charge is 0.492 e. The molecule has 2 rings (SSSR count). The Morgan fingerprint density at radius 3 is 1.81 bits per heavy atom. The zero-order chi connectivity index (χ0) is 22.8. The molecule has 168 valence electrons. The fourth-order valence-electron chi connectivity index (χ4n) is 2.65. The van der Waals surface area contributed by atoms with E-state index in [1.165, 1.54) is 0 Å². The lowest BCUT2D eigenvalue weighted by Gasteiger charge is -2.16. The summed E-state index contributed by atoms with van der Waals surface area (Å²) in [7, 11) is 0. The number of rotatable bonds is 11. The smallest absolute Gasteiger partial charge is 0.251 e. The molecule has 0 aliphatic carbocycles. The van der Waals surface area contributed by atoms with Crippen LogP contribution in [0.15, 0.2) is 45.3 Å². The molecule has 1 unspecified atom stereocenters. The molecule has 2 amide bonds. The van der Waals surface area contributed by atoms with Crippen molar-refractivity contribution in [1.82, 2.24) is 10.6 Å². The zero-order valence-corrected chi connectivity index (χ0v) is 21.1. The molecular formula is C23H28Br2N2O4. The third kappa shape index (κ3) is 7.85. The fraction of sp³-hybridized carbons (Fsp3) is 0.391. The molecular weight excluding hydrogens is 528 g/mol. The highest BCUT2D eigenvalue weighted by molar-refractivity contribution is 9.10. The maximum absolute atomic E-state index is 12.5. The van der Waals surface area contributed by atoms with Crippen molar-refractivity contribution in [3.63, 3.8) is 0 Å². The van der Waals surface area contributed by atoms with Gasteiger partial charge in [-0.2, -0.15) is 0 Å². The van der Waals surface area contributed by atoms with Crippen LogP contribution in [0.25, 0.3) is 0 Å². The van der Waals surface area contributed by atoms with E-state index in [-0.39, 0.29) is 17.9 Å². The van der Waals surface area contributed by atoms with E-state index in [1.807, 2.05) is 20.8 Å². The van der Waals surface area contributed by atoms with Crippen molar-refractivity contribution in [3.05, 3.63) is 56.5 Å². The number of halogens is 2. The van der Waals surface area contributed by atoms with Gasteiger partial charge in [0.25, 0.3) is 11.8 Å². The predicted octanol–water partition coefficient (Wildman–Crippen LogP) is 5.34. The molecule has 0 radical (unpaired) electrons. The zero-order valence-electron chi connectivity index (χ0n) is 18.0. The van der Waals surface area contributed by atoms with Crippen LogP contribution in [0.3, 0.4) is 0 Å². The highest BCUT2D eigenvalue weighted by Crippen LogP contribution is 2.27. The number of benzene rings is 2. The summed E-state index contributed by atoms with van der Waals surface area (Å²) in [5.74, 6) is 0.973. The van der Waals surface area contributed by atoms with Crippen molar-refractivity contribution in [2.45, 2.75) is 39.7 Å². The van der Waals surface area contributed by atoms with E-state index >= 15 is 0 Å². The van der Waals surface area contributed by atoms with Crippen LogP contribution in [0.5, 0.6) is 11.5 Å². The molecule has 0 fully saturated rings. The Morgan fingerprint density at radius 2 is 1.35 bits per heavy atom. The normalized spacial score (nSPS) is 11.5. The molecule has 2 aromatic rings. The average Bonchev–Trinajstić information content (AvgIpc) is 2.75. The van der Waals surface area contributed by atoms with Crippen LogP contribution in [0.4, 0.5) is 0 Å². The van der Waals surface area contributed by atoms with E-state index in [2.05, 4.69) is 42.5 Å². The molecule has 0 saturated carbocycles. The molecule has 0 aliphatic rings. The minimum Gasteiger partial charge on any atom is -0.492 e. The van der Waals surface area contributed by atoms with Gasteiger partial charge < -0.3 is 20.1 Å². The lowest BCUT2D eigenvalue weighted by molar-refractivity contribution is 0.0912. The highest BCUT2D eigenvalue weighted by atomic mass is 79.9. The maximum Gasteiger partial charge on any atom is 0.251 e. The molecule has 6 nitrogen and oxygen atoms in total. The second-order valence-electron chi connectivity index (χ2n) is 7.07. The summed E-state index contributed by atoms with van der Waals surface area (Å²) in [6.07, 6.45) is 1.82. The number of nitrogens with one attached hydrogen (secondary N) is 2. The Hall–Kier alpha value is -2.06. The van der Waals surface area contributed by atoms with Gasteiger partial charge >= 0.3 is 0 Å². The van der Waals surface area contributed by atoms with Crippen molar-refractivity contribution in [3.8, 4) is 11.5 Å². The van der Waals surface area contributed by atoms with Crippen molar-refractivity contribution < 1.29 is 19.1 Å². The molecule has 0 aliphatic heterocycles. The standard InChI is InChI=1S/C23H28Br2N2O4/c1-4-10-30-20-8-6-16(12-18(20)24)22(28)26-14-15(3)27-23(29)17-7-9-21(19(25)13-17)31-11-5-2/h6-9,12-13,15H,4-5,10-11,14H2,1-3H3,(H,26,28)(H,27,29). The summed E-state index contributed by atoms with van der Waals surface area (Å²) in [5, 5.41) is 5.74. The van der Waals surface area contributed by atoms with Crippen LogP contribution in [0.1, 0.15) is 54.3 Å². The Bertz CT molecular complexity index is 905. The molecule has 0 bridgehead atoms. The van der Waals surface area contributed by atoms with Gasteiger partial charge in [0.1, 0.15) is 11.5 Å². The van der Waals surface area contributed by atoms with Crippen molar-refractivity contribution in [2.24, 2.45) is 0 Å². The van der Waals surface area contributed by atoms with E-state index in [0.717, 1.165) is 21.8 Å². The molecule has 0 saturated heterocycles. The van der Waals surface area contributed by atoms with Gasteiger partial charge in [-0.15, -0.1) is 0 Å². The Labute approximate surface area is 200 Å². The Morgan fingerprint density at radius 1 is 0.871 bits per heavy atom. The second-order valence-corrected chi connectivity index (χ2v) is 8.78. The van der Waals surface area contributed by atoms with Gasteiger partial charge in [-0.3, -0.25) is 9.59 Å². The first-order valence-corrected chi connectivity index (χ1v) is 11.9. The first kappa shape index (κ1) is 25.2. The highest BCUT2D eigenvalue weighted by Gasteiger charge is 2.14. The van der Waals surface area contributed by atoms with Gasteiger partial charge in [-0.1, -0.05) is 13.8 Å². The van der Waals surface area contributed by atoms with E-state index in [4.69, 9.17) is 9.47 Å². The molecule has 2 aromatic carbocycles. The third-order valence-electron chi connectivity index (χ3n) is 4.26. The van der Waals surface area contributed by atoms with Crippen LogP contribution >= 0.6 is 31.9 Å². The van der Waals surface area contributed by atoms with Crippen LogP contribution in [0, 0.1) is 0 Å². The molecule has 0 aromatic heterocycles. The molecule has 1 atom stereocenters. The van der Waals surface area contributed by atoms with E-state index in [0.29, 0.717) is 42.4 Å². The minimum atomic E-state index is -0.248. The van der Waals surface area contributed by atoms with E-state index in [9.17, 15) is 9.59 Å². The molecule has 2 N–H and O–H groups in total. The predicted molar refractivity (Wildman–Crippen MR) is 129 cm³/mol. The Kier molecular flexibility index (Phi) is 10.3. The van der Waals surface area contributed by atoms with Gasteiger partial charge in [-0.05, 0) is 88.0 Å². The van der Waals surface area contributed by atoms with Gasteiger partial charge in [0.2, 0.25) is 0 Å². The lowest BCUT2D eigenvalue weighted by atomic mass is 10.2. The van der Waals surface area contributed by atoms with Crippen LogP contribution < -0.4 is 20.1 Å². The average molecular weight is 556 g/mol. The number of carbonyl (C=O) groups is 2. The third-order valence-corrected chi connectivity index (χ3v) is 5.50. The minimum absolute atomic E-state index is 0.218. The Balaban J connectivity index is 1.87. The summed E-state index contributed by atoms with van der Waals surface area (Å²) in [6, 6.07) is 10.2. The molecule has 0 heterocycles. The molecule has 8 heteroatoms. The number of hydrogen-bond acceptors (Lipinski definition) is 4. The van der Waals surface area contributed by atoms with Crippen molar-refractivity contribution in [1.29, 1.82) is 0 Å². The number of ether oxygens (including phenoxy) is 2. The van der Waals surface area contributed by atoms with Crippen molar-refractivity contribution in [2.75, 3.05) is 19.8 Å². The summed E-state index contributed by atoms with van der Waals surface area (Å²) in [6.45, 7) is 7.44. The quantitative estimate of drug-likeness (QED) is 0.392. The number of hydrogen-bond donors (Lipinski definition) is 2. The van der Waals surface area contributed by atoms with E-state index < -0.39 is 0 Å². The van der Waals surface area contributed by atoms with Crippen LogP contribution in [-0.2, 0) is 0 Å². The van der Waals surface area contributed by atoms with Crippen molar-refractivity contribution >= 4 is 43.7 Å². The van der Waals surface area contributed by atoms with Crippen LogP contribution in [0.2, 0.25) is 0 Å². The summed E-state index contributed by atoms with van der Waals surface area (Å²) < 4.78 is 12.7. The van der Waals surface area contributed by atoms with E-state index in [1.54, 1.807) is 36.4 Å². The van der Waals surface area contributed by atoms with Crippen LogP contribution in [-0.4, -0.2) is 37.6 Å². The topological polar surface area (TPSA) is 76.7 Å². The van der Waals surface area contributed by atoms with Gasteiger partial charge in [0.05, 0.1) is 22.2 Å². The first-order valence-electron chi connectivity index (χ1n) is 10.3. The van der Waals surface area contributed by atoms with Gasteiger partial charge in [0, 0.05) is 23.7 Å². The maximum atomic E-state index is 12.5. The first-order chi connectivity index (χ1) is 14.8. The number of amides is 2. The summed E-state index contributed by atoms with van der Waals surface area (Å²) in [5.41, 5.74) is 1.03. The SMILES string of the molecule is CCCOc1ccc(C(=O)NCC(C)NC(=O)c2ccc(OCCC)c(Br)c2)cc1Br. The molecule has 0 spiro atoms. The second kappa shape index (κ2) is 12.7. The molecule has 31 heavy (non-hydrogen) atoms.